The predicted octanol–water partition coefficient (Wildman–Crippen LogP) is 4.17. The number of fused-ring (bicyclic) bond motifs is 1. The van der Waals surface area contributed by atoms with Gasteiger partial charge >= 0.3 is 0 Å². The Bertz CT molecular complexity index is 829. The van der Waals surface area contributed by atoms with Crippen LogP contribution in [0, 0.1) is 0 Å². The molecule has 3 rings (SSSR count). The Hall–Kier alpha value is -2.88. The van der Waals surface area contributed by atoms with Crippen molar-refractivity contribution in [2.75, 3.05) is 7.05 Å². The van der Waals surface area contributed by atoms with Crippen molar-refractivity contribution >= 4 is 17.9 Å². The summed E-state index contributed by atoms with van der Waals surface area (Å²) in [5, 5.41) is 0. The third-order valence-corrected chi connectivity index (χ3v) is 5.09. The van der Waals surface area contributed by atoms with Gasteiger partial charge in [0.2, 0.25) is 11.8 Å². The topological polar surface area (TPSA) is 40.6 Å². The third-order valence-electron chi connectivity index (χ3n) is 5.09. The van der Waals surface area contributed by atoms with Gasteiger partial charge in [-0.05, 0) is 29.7 Å². The van der Waals surface area contributed by atoms with Gasteiger partial charge in [0.1, 0.15) is 0 Å². The summed E-state index contributed by atoms with van der Waals surface area (Å²) in [6.07, 6.45) is 3.96. The molecule has 4 heteroatoms. The molecule has 134 valence electrons. The van der Waals surface area contributed by atoms with Gasteiger partial charge in [-0.3, -0.25) is 9.59 Å². The van der Waals surface area contributed by atoms with Gasteiger partial charge in [-0.1, -0.05) is 54.6 Å². The van der Waals surface area contributed by atoms with E-state index in [2.05, 4.69) is 0 Å². The predicted molar refractivity (Wildman–Crippen MR) is 103 cm³/mol. The Morgan fingerprint density at radius 1 is 1.08 bits per heavy atom. The molecule has 0 aromatic heterocycles. The summed E-state index contributed by atoms with van der Waals surface area (Å²) in [5.74, 6) is -0.0463. The Kier molecular flexibility index (Phi) is 5.21. The number of nitrogens with zero attached hydrogens (tertiary/aromatic N) is 2. The lowest BCUT2D eigenvalue weighted by molar-refractivity contribution is -0.135. The molecule has 1 aliphatic heterocycles. The van der Waals surface area contributed by atoms with Crippen LogP contribution in [-0.4, -0.2) is 28.7 Å². The van der Waals surface area contributed by atoms with E-state index in [9.17, 15) is 9.59 Å². The minimum atomic E-state index is -0.272. The van der Waals surface area contributed by atoms with Crippen LogP contribution < -0.4 is 0 Å². The summed E-state index contributed by atoms with van der Waals surface area (Å²) in [7, 11) is 1.82. The van der Waals surface area contributed by atoms with Crippen LogP contribution in [0.3, 0.4) is 0 Å². The molecule has 2 aromatic carbocycles. The number of amides is 2. The molecule has 2 unspecified atom stereocenters. The molecule has 2 atom stereocenters. The van der Waals surface area contributed by atoms with E-state index in [-0.39, 0.29) is 30.3 Å². The normalized spacial score (nSPS) is 16.7. The third kappa shape index (κ3) is 3.54. The molecule has 0 aliphatic carbocycles. The highest BCUT2D eigenvalue weighted by Crippen LogP contribution is 2.34. The van der Waals surface area contributed by atoms with Gasteiger partial charge < -0.3 is 9.80 Å². The first-order valence-electron chi connectivity index (χ1n) is 8.85. The van der Waals surface area contributed by atoms with Gasteiger partial charge in [-0.25, -0.2) is 0 Å². The van der Waals surface area contributed by atoms with E-state index in [1.165, 1.54) is 6.92 Å². The second kappa shape index (κ2) is 7.56. The largest absolute Gasteiger partial charge is 0.339 e. The molecular formula is C22H24N2O2. The van der Waals surface area contributed by atoms with Gasteiger partial charge in [-0.2, -0.15) is 0 Å². The molecule has 0 N–H and O–H groups in total. The Labute approximate surface area is 154 Å². The van der Waals surface area contributed by atoms with E-state index < -0.39 is 0 Å². The van der Waals surface area contributed by atoms with Crippen molar-refractivity contribution in [3.8, 4) is 0 Å². The summed E-state index contributed by atoms with van der Waals surface area (Å²) in [6, 6.07) is 17.6. The smallest absolute Gasteiger partial charge is 0.225 e. The monoisotopic (exact) mass is 348 g/mol. The zero-order valence-electron chi connectivity index (χ0n) is 15.4. The summed E-state index contributed by atoms with van der Waals surface area (Å²) in [5.41, 5.74) is 3.16. The van der Waals surface area contributed by atoms with Gasteiger partial charge in [0.05, 0.1) is 18.5 Å². The van der Waals surface area contributed by atoms with Gasteiger partial charge in [0, 0.05) is 20.2 Å². The highest BCUT2D eigenvalue weighted by atomic mass is 16.2. The molecule has 0 saturated carbocycles. The van der Waals surface area contributed by atoms with Gasteiger partial charge in [-0.15, -0.1) is 0 Å². The fourth-order valence-corrected chi connectivity index (χ4v) is 3.39. The van der Waals surface area contributed by atoms with Crippen LogP contribution >= 0.6 is 0 Å². The van der Waals surface area contributed by atoms with Crippen molar-refractivity contribution in [1.82, 2.24) is 9.80 Å². The lowest BCUT2D eigenvalue weighted by Crippen LogP contribution is -2.36. The highest BCUT2D eigenvalue weighted by Gasteiger charge is 2.30. The molecule has 4 nitrogen and oxygen atoms in total. The Balaban J connectivity index is 1.82. The molecule has 0 bridgehead atoms. The fraction of sp³-hybridized carbons (Fsp3) is 0.273. The second-order valence-corrected chi connectivity index (χ2v) is 6.68. The quantitative estimate of drug-likeness (QED) is 0.832. The molecule has 0 radical (unpaired) electrons. The number of hydrogen-bond donors (Lipinski definition) is 0. The maximum absolute atomic E-state index is 13.0. The molecule has 2 amide bonds. The summed E-state index contributed by atoms with van der Waals surface area (Å²) in [4.78, 5) is 28.5. The van der Waals surface area contributed by atoms with E-state index in [0.717, 1.165) is 16.7 Å². The Morgan fingerprint density at radius 2 is 1.73 bits per heavy atom. The van der Waals surface area contributed by atoms with Crippen LogP contribution in [-0.2, 0) is 9.59 Å². The van der Waals surface area contributed by atoms with Crippen LogP contribution in [0.15, 0.2) is 60.8 Å². The summed E-state index contributed by atoms with van der Waals surface area (Å²) in [6.45, 7) is 3.55. The Morgan fingerprint density at radius 3 is 2.42 bits per heavy atom. The first-order valence-corrected chi connectivity index (χ1v) is 8.85. The molecule has 0 spiro atoms. The molecule has 1 aliphatic rings. The lowest BCUT2D eigenvalue weighted by Gasteiger charge is -2.34. The van der Waals surface area contributed by atoms with Crippen LogP contribution in [0.1, 0.15) is 49.0 Å². The molecule has 2 aromatic rings. The fourth-order valence-electron chi connectivity index (χ4n) is 3.39. The summed E-state index contributed by atoms with van der Waals surface area (Å²) < 4.78 is 0. The van der Waals surface area contributed by atoms with Crippen LogP contribution in [0.5, 0.6) is 0 Å². The lowest BCUT2D eigenvalue weighted by atomic mass is 9.93. The molecule has 1 heterocycles. The minimum Gasteiger partial charge on any atom is -0.339 e. The van der Waals surface area contributed by atoms with Crippen LogP contribution in [0.4, 0.5) is 0 Å². The minimum absolute atomic E-state index is 0.0164. The second-order valence-electron chi connectivity index (χ2n) is 6.68. The number of carbonyl (C=O) groups excluding carboxylic acids is 2. The standard InChI is InChI=1S/C22H24N2O2/c1-16(18-9-5-4-6-10-18)23(3)22(26)15-21-20-12-8-7-11-19(20)13-14-24(21)17(2)25/h4-14,16,21H,15H2,1-3H3. The molecule has 0 fully saturated rings. The van der Waals surface area contributed by atoms with Crippen molar-refractivity contribution in [3.63, 3.8) is 0 Å². The van der Waals surface area contributed by atoms with Gasteiger partial charge in [0.25, 0.3) is 0 Å². The maximum atomic E-state index is 13.0. The average Bonchev–Trinajstić information content (AvgIpc) is 2.67. The number of rotatable bonds is 4. The highest BCUT2D eigenvalue weighted by molar-refractivity contribution is 5.82. The van der Waals surface area contributed by atoms with E-state index in [1.54, 1.807) is 16.0 Å². The van der Waals surface area contributed by atoms with Gasteiger partial charge in [0.15, 0.2) is 0 Å². The SMILES string of the molecule is CC(=O)N1C=Cc2ccccc2C1CC(=O)N(C)C(C)c1ccccc1. The van der Waals surface area contributed by atoms with Crippen molar-refractivity contribution < 1.29 is 9.59 Å². The summed E-state index contributed by atoms with van der Waals surface area (Å²) >= 11 is 0. The average molecular weight is 348 g/mol. The van der Waals surface area contributed by atoms with Crippen molar-refractivity contribution in [2.24, 2.45) is 0 Å². The first kappa shape index (κ1) is 17.9. The van der Waals surface area contributed by atoms with Crippen molar-refractivity contribution in [3.05, 3.63) is 77.5 Å². The number of benzene rings is 2. The molecular weight excluding hydrogens is 324 g/mol. The van der Waals surface area contributed by atoms with Crippen molar-refractivity contribution in [2.45, 2.75) is 32.4 Å². The van der Waals surface area contributed by atoms with E-state index in [4.69, 9.17) is 0 Å². The van der Waals surface area contributed by atoms with Crippen molar-refractivity contribution in [1.29, 1.82) is 0 Å². The zero-order valence-corrected chi connectivity index (χ0v) is 15.4. The first-order chi connectivity index (χ1) is 12.5. The zero-order chi connectivity index (χ0) is 18.7. The van der Waals surface area contributed by atoms with Crippen LogP contribution in [0.2, 0.25) is 0 Å². The molecule has 0 saturated heterocycles. The van der Waals surface area contributed by atoms with Crippen LogP contribution in [0.25, 0.3) is 6.08 Å². The van der Waals surface area contributed by atoms with E-state index in [1.807, 2.05) is 74.6 Å². The number of carbonyl (C=O) groups is 2. The maximum Gasteiger partial charge on any atom is 0.225 e. The number of hydrogen-bond acceptors (Lipinski definition) is 2. The van der Waals surface area contributed by atoms with E-state index >= 15 is 0 Å². The van der Waals surface area contributed by atoms with E-state index in [0.29, 0.717) is 0 Å². The molecule has 26 heavy (non-hydrogen) atoms.